The first-order chi connectivity index (χ1) is 24.6. The molecule has 50 heavy (non-hydrogen) atoms. The third kappa shape index (κ3) is 6.34. The van der Waals surface area contributed by atoms with E-state index in [1.165, 1.54) is 0 Å². The average Bonchev–Trinajstić information content (AvgIpc) is 3.21. The lowest BCUT2D eigenvalue weighted by molar-refractivity contribution is 0.0756. The quantitative estimate of drug-likeness (QED) is 0.143. The molecule has 0 aromatic heterocycles. The molecule has 6 heteroatoms. The molecule has 0 aliphatic rings. The van der Waals surface area contributed by atoms with E-state index in [4.69, 9.17) is 8.37 Å². The normalized spacial score (nSPS) is 12.0. The maximum Gasteiger partial charge on any atom is 0.349 e. The lowest BCUT2D eigenvalue weighted by atomic mass is 10.1. The van der Waals surface area contributed by atoms with Crippen LogP contribution in [-0.4, -0.2) is 11.9 Å². The van der Waals surface area contributed by atoms with E-state index in [9.17, 15) is 9.59 Å². The zero-order valence-electron chi connectivity index (χ0n) is 27.1. The molecule has 4 nitrogen and oxygen atoms in total. The molecule has 0 aliphatic heterocycles. The highest BCUT2D eigenvalue weighted by Gasteiger charge is 2.38. The number of rotatable bonds is 10. The van der Waals surface area contributed by atoms with Crippen LogP contribution in [0.25, 0.3) is 0 Å². The Morgan fingerprint density at radius 3 is 0.740 bits per heavy atom. The van der Waals surface area contributed by atoms with Crippen LogP contribution >= 0.6 is 20.6 Å². The van der Waals surface area contributed by atoms with Crippen LogP contribution in [0, 0.1) is 0 Å². The van der Waals surface area contributed by atoms with Crippen LogP contribution in [0.4, 0.5) is 0 Å². The van der Waals surface area contributed by atoms with Crippen LogP contribution in [0.1, 0.15) is 20.7 Å². The molecule has 0 bridgehead atoms. The monoisotopic (exact) mass is 690 g/mol. The summed E-state index contributed by atoms with van der Waals surface area (Å²) in [6.45, 7) is 0. The van der Waals surface area contributed by atoms with Gasteiger partial charge in [-0.1, -0.05) is 115 Å². The number of carbonyl (C=O) groups excluding carboxylic acids is 2. The molecule has 0 atom stereocenters. The number of carbonyl (C=O) groups is 2. The predicted octanol–water partition coefficient (Wildman–Crippen LogP) is 11.8. The minimum absolute atomic E-state index is 0.249. The molecule has 0 aliphatic carbocycles. The summed E-state index contributed by atoms with van der Waals surface area (Å²) in [5.74, 6) is -1.09. The summed E-state index contributed by atoms with van der Waals surface area (Å²) >= 11 is 0. The highest BCUT2D eigenvalue weighted by atomic mass is 32.3. The van der Waals surface area contributed by atoms with Crippen LogP contribution in [-0.2, 0) is 8.37 Å². The molecule has 0 saturated carbocycles. The maximum atomic E-state index is 14.4. The Labute approximate surface area is 296 Å². The Hall–Kier alpha value is -5.82. The summed E-state index contributed by atoms with van der Waals surface area (Å²) in [6.07, 6.45) is 0. The van der Waals surface area contributed by atoms with Crippen molar-refractivity contribution in [2.24, 2.45) is 0 Å². The van der Waals surface area contributed by atoms with Crippen molar-refractivity contribution in [3.05, 3.63) is 217 Å². The van der Waals surface area contributed by atoms with Gasteiger partial charge >= 0.3 is 11.9 Å². The summed E-state index contributed by atoms with van der Waals surface area (Å²) in [6, 6.07) is 65.7. The Balaban J connectivity index is 1.30. The molecular formula is C44H34O4S2. The van der Waals surface area contributed by atoms with Gasteiger partial charge in [0.05, 0.1) is 11.1 Å². The van der Waals surface area contributed by atoms with Crippen LogP contribution in [0.3, 0.4) is 0 Å². The molecule has 7 aromatic rings. The van der Waals surface area contributed by atoms with Crippen molar-refractivity contribution in [1.29, 1.82) is 0 Å². The lowest BCUT2D eigenvalue weighted by Crippen LogP contribution is -2.16. The van der Waals surface area contributed by atoms with Gasteiger partial charge < -0.3 is 8.37 Å². The minimum atomic E-state index is -2.51. The zero-order valence-corrected chi connectivity index (χ0v) is 28.7. The van der Waals surface area contributed by atoms with Crippen LogP contribution in [0.5, 0.6) is 0 Å². The van der Waals surface area contributed by atoms with Crippen molar-refractivity contribution >= 4 is 32.6 Å². The number of hydrogen-bond donors (Lipinski definition) is 0. The summed E-state index contributed by atoms with van der Waals surface area (Å²) in [5, 5.41) is 0. The van der Waals surface area contributed by atoms with Crippen LogP contribution < -0.4 is 0 Å². The fourth-order valence-electron chi connectivity index (χ4n) is 5.87. The molecule has 0 heterocycles. The van der Waals surface area contributed by atoms with E-state index in [0.29, 0.717) is 0 Å². The molecule has 0 spiro atoms. The molecular weight excluding hydrogens is 657 g/mol. The SMILES string of the molecule is O=C(OS(c1ccccc1)(c1ccccc1)c1ccccc1)c1cccc(C(=O)OS(c2ccccc2)(c2ccccc2)c2ccccc2)c1. The van der Waals surface area contributed by atoms with Gasteiger partial charge in [-0.25, -0.2) is 9.59 Å². The summed E-state index contributed by atoms with van der Waals surface area (Å²) in [7, 11) is -5.02. The van der Waals surface area contributed by atoms with Gasteiger partial charge in [-0.15, -0.1) is 0 Å². The van der Waals surface area contributed by atoms with Gasteiger partial charge in [0.15, 0.2) is 0 Å². The molecule has 0 N–H and O–H groups in total. The van der Waals surface area contributed by atoms with Gasteiger partial charge in [0.25, 0.3) is 0 Å². The predicted molar refractivity (Wildman–Crippen MR) is 201 cm³/mol. The van der Waals surface area contributed by atoms with Crippen molar-refractivity contribution in [2.75, 3.05) is 0 Å². The largest absolute Gasteiger partial charge is 0.398 e. The molecule has 0 amide bonds. The Bertz CT molecular complexity index is 1830. The topological polar surface area (TPSA) is 52.6 Å². The van der Waals surface area contributed by atoms with E-state index < -0.39 is 32.6 Å². The van der Waals surface area contributed by atoms with Crippen molar-refractivity contribution in [3.63, 3.8) is 0 Å². The summed E-state index contributed by atoms with van der Waals surface area (Å²) in [4.78, 5) is 34.0. The van der Waals surface area contributed by atoms with Gasteiger partial charge in [0, 0.05) is 29.4 Å². The van der Waals surface area contributed by atoms with Crippen molar-refractivity contribution in [1.82, 2.24) is 0 Å². The van der Waals surface area contributed by atoms with Gasteiger partial charge in [0.2, 0.25) is 0 Å². The van der Waals surface area contributed by atoms with Crippen molar-refractivity contribution < 1.29 is 18.0 Å². The highest BCUT2D eigenvalue weighted by molar-refractivity contribution is 8.30. The molecule has 7 rings (SSSR count). The third-order valence-electron chi connectivity index (χ3n) is 8.19. The Morgan fingerprint density at radius 1 is 0.300 bits per heavy atom. The molecule has 0 saturated heterocycles. The first-order valence-corrected chi connectivity index (χ1v) is 19.3. The average molecular weight is 691 g/mol. The molecule has 0 radical (unpaired) electrons. The Kier molecular flexibility index (Phi) is 9.65. The third-order valence-corrected chi connectivity index (χ3v) is 14.6. The summed E-state index contributed by atoms with van der Waals surface area (Å²) in [5.41, 5.74) is 0.498. The van der Waals surface area contributed by atoms with E-state index in [-0.39, 0.29) is 11.1 Å². The molecule has 246 valence electrons. The van der Waals surface area contributed by atoms with Crippen molar-refractivity contribution in [3.8, 4) is 0 Å². The smallest absolute Gasteiger partial charge is 0.349 e. The number of benzene rings is 7. The van der Waals surface area contributed by atoms with E-state index in [1.807, 2.05) is 182 Å². The van der Waals surface area contributed by atoms with E-state index in [2.05, 4.69) is 0 Å². The second-order valence-electron chi connectivity index (χ2n) is 11.3. The summed E-state index contributed by atoms with van der Waals surface area (Å²) < 4.78 is 13.4. The van der Waals surface area contributed by atoms with Gasteiger partial charge in [0.1, 0.15) is 0 Å². The number of hydrogen-bond acceptors (Lipinski definition) is 4. The highest BCUT2D eigenvalue weighted by Crippen LogP contribution is 2.70. The minimum Gasteiger partial charge on any atom is -0.398 e. The van der Waals surface area contributed by atoms with Crippen molar-refractivity contribution in [2.45, 2.75) is 29.4 Å². The maximum absolute atomic E-state index is 14.4. The molecule has 0 fully saturated rings. The van der Waals surface area contributed by atoms with E-state index in [1.54, 1.807) is 24.3 Å². The fourth-order valence-corrected chi connectivity index (χ4v) is 12.0. The first-order valence-electron chi connectivity index (χ1n) is 16.2. The van der Waals surface area contributed by atoms with E-state index >= 15 is 0 Å². The molecule has 7 aromatic carbocycles. The van der Waals surface area contributed by atoms with E-state index in [0.717, 1.165) is 29.4 Å². The van der Waals surface area contributed by atoms with Gasteiger partial charge in [-0.05, 0) is 112 Å². The fraction of sp³-hybridized carbons (Fsp3) is 0. The van der Waals surface area contributed by atoms with Crippen LogP contribution in [0.15, 0.2) is 236 Å². The van der Waals surface area contributed by atoms with Gasteiger partial charge in [-0.3, -0.25) is 0 Å². The first kappa shape index (κ1) is 32.7. The second kappa shape index (κ2) is 14.7. The Morgan fingerprint density at radius 2 is 0.520 bits per heavy atom. The molecule has 0 unspecified atom stereocenters. The van der Waals surface area contributed by atoms with Gasteiger partial charge in [-0.2, -0.15) is 0 Å². The zero-order chi connectivity index (χ0) is 34.2. The second-order valence-corrected chi connectivity index (χ2v) is 16.7. The standard InChI is InChI=1S/C44H34O4S2/c45-43(47-49(37-22-7-1-8-23-37,38-24-9-2-10-25-38)39-26-11-3-12-27-39)35-20-19-21-36(34-35)44(46)48-50(40-28-13-4-14-29-40,41-30-15-5-16-31-41)42-32-17-6-18-33-42/h1-34H. The van der Waals surface area contributed by atoms with Crippen LogP contribution in [0.2, 0.25) is 0 Å². The lowest BCUT2D eigenvalue weighted by Gasteiger charge is -2.40.